The SMILES string of the molecule is CCCC(CC(C)=O)[N-]C(CC)CC.Cc1cc(Cl)cc(C(=O)NC/C(=N\O)C(CCN)c2ccc(Cl)c(C)c2)c1.[K+]. The fourth-order valence-corrected chi connectivity index (χ4v) is 5.04. The van der Waals surface area contributed by atoms with Crippen LogP contribution in [0.25, 0.3) is 5.32 Å². The fourth-order valence-electron chi connectivity index (χ4n) is 4.64. The summed E-state index contributed by atoms with van der Waals surface area (Å²) in [5.74, 6) is -0.254. The Kier molecular flexibility index (Phi) is 22.2. The molecule has 7 nitrogen and oxygen atoms in total. The van der Waals surface area contributed by atoms with E-state index in [0.29, 0.717) is 46.7 Å². The molecule has 2 aromatic rings. The van der Waals surface area contributed by atoms with E-state index in [4.69, 9.17) is 34.3 Å². The zero-order chi connectivity index (χ0) is 30.9. The molecule has 10 heteroatoms. The van der Waals surface area contributed by atoms with Crippen molar-refractivity contribution in [3.05, 3.63) is 74.0 Å². The van der Waals surface area contributed by atoms with E-state index in [-0.39, 0.29) is 81.6 Å². The number of ketones is 1. The number of amides is 1. The summed E-state index contributed by atoms with van der Waals surface area (Å²) in [4.78, 5) is 23.5. The van der Waals surface area contributed by atoms with Gasteiger partial charge >= 0.3 is 51.4 Å². The van der Waals surface area contributed by atoms with Crippen LogP contribution in [0.1, 0.15) is 99.2 Å². The third kappa shape index (κ3) is 15.3. The Hall–Kier alpha value is -0.814. The predicted molar refractivity (Wildman–Crippen MR) is 172 cm³/mol. The van der Waals surface area contributed by atoms with Gasteiger partial charge in [0.15, 0.2) is 0 Å². The molecule has 0 spiro atoms. The van der Waals surface area contributed by atoms with Gasteiger partial charge in [-0.2, -0.15) is 0 Å². The smallest absolute Gasteiger partial charge is 0.656 e. The van der Waals surface area contributed by atoms with Crippen LogP contribution in [0, 0.1) is 13.8 Å². The summed E-state index contributed by atoms with van der Waals surface area (Å²) >= 11 is 12.1. The van der Waals surface area contributed by atoms with Crippen molar-refractivity contribution in [2.45, 2.75) is 98.1 Å². The second-order valence-electron chi connectivity index (χ2n) is 10.4. The number of nitrogens with one attached hydrogen (secondary N) is 1. The van der Waals surface area contributed by atoms with Crippen LogP contribution in [0.15, 0.2) is 41.6 Å². The molecule has 2 rings (SSSR count). The van der Waals surface area contributed by atoms with Crippen LogP contribution in [0.5, 0.6) is 0 Å². The minimum atomic E-state index is -0.291. The molecule has 0 radical (unpaired) electrons. The maximum atomic E-state index is 12.4. The fraction of sp³-hybridized carbons (Fsp3) is 0.531. The van der Waals surface area contributed by atoms with Crippen molar-refractivity contribution in [2.75, 3.05) is 13.1 Å². The van der Waals surface area contributed by atoms with E-state index in [1.165, 1.54) is 0 Å². The zero-order valence-electron chi connectivity index (χ0n) is 26.3. The Morgan fingerprint density at radius 1 is 1.02 bits per heavy atom. The van der Waals surface area contributed by atoms with Crippen molar-refractivity contribution in [1.29, 1.82) is 0 Å². The van der Waals surface area contributed by atoms with E-state index in [1.807, 2.05) is 26.0 Å². The summed E-state index contributed by atoms with van der Waals surface area (Å²) in [6.07, 6.45) is 5.55. The van der Waals surface area contributed by atoms with Crippen molar-refractivity contribution in [2.24, 2.45) is 10.9 Å². The first-order chi connectivity index (χ1) is 19.5. The van der Waals surface area contributed by atoms with Crippen LogP contribution in [-0.4, -0.2) is 47.8 Å². The second-order valence-corrected chi connectivity index (χ2v) is 11.2. The average molecular weight is 646 g/mol. The first kappa shape index (κ1) is 41.2. The van der Waals surface area contributed by atoms with Gasteiger partial charge in [-0.3, -0.25) is 4.79 Å². The van der Waals surface area contributed by atoms with Crippen LogP contribution < -0.4 is 62.4 Å². The summed E-state index contributed by atoms with van der Waals surface area (Å²) in [5, 5.41) is 21.6. The number of halogens is 2. The van der Waals surface area contributed by atoms with Crippen LogP contribution in [0.4, 0.5) is 0 Å². The number of rotatable bonds is 15. The predicted octanol–water partition coefficient (Wildman–Crippen LogP) is 5.00. The topological polar surface area (TPSA) is 119 Å². The molecule has 0 aromatic heterocycles. The Morgan fingerprint density at radius 3 is 2.19 bits per heavy atom. The van der Waals surface area contributed by atoms with Gasteiger partial charge in [-0.1, -0.05) is 86.9 Å². The van der Waals surface area contributed by atoms with Crippen LogP contribution in [0.3, 0.4) is 0 Å². The molecule has 0 fully saturated rings. The Labute approximate surface area is 305 Å². The van der Waals surface area contributed by atoms with E-state index >= 15 is 0 Å². The van der Waals surface area contributed by atoms with Gasteiger partial charge < -0.3 is 26.4 Å². The molecule has 0 saturated carbocycles. The maximum Gasteiger partial charge on any atom is 1.00 e. The number of carbonyl (C=O) groups is 2. The van der Waals surface area contributed by atoms with E-state index in [9.17, 15) is 14.8 Å². The van der Waals surface area contributed by atoms with Crippen LogP contribution >= 0.6 is 23.2 Å². The molecule has 2 aromatic carbocycles. The summed E-state index contributed by atoms with van der Waals surface area (Å²) in [6.45, 7) is 12.4. The summed E-state index contributed by atoms with van der Waals surface area (Å²) < 4.78 is 0. The van der Waals surface area contributed by atoms with Crippen molar-refractivity contribution < 1.29 is 66.2 Å². The Morgan fingerprint density at radius 2 is 1.69 bits per heavy atom. The number of hydrogen-bond acceptors (Lipinski definition) is 5. The van der Waals surface area contributed by atoms with Gasteiger partial charge in [-0.05, 0) is 81.1 Å². The van der Waals surface area contributed by atoms with Gasteiger partial charge in [0.2, 0.25) is 0 Å². The quantitative estimate of drug-likeness (QED) is 0.109. The summed E-state index contributed by atoms with van der Waals surface area (Å²) in [7, 11) is 0. The molecule has 2 unspecified atom stereocenters. The molecule has 4 N–H and O–H groups in total. The molecule has 2 atom stereocenters. The number of nitrogens with two attached hydrogens (primary N) is 1. The Balaban J connectivity index is 0.000000956. The molecule has 0 bridgehead atoms. The van der Waals surface area contributed by atoms with Crippen molar-refractivity contribution in [3.8, 4) is 0 Å². The molecule has 228 valence electrons. The van der Waals surface area contributed by atoms with E-state index < -0.39 is 0 Å². The van der Waals surface area contributed by atoms with Gasteiger partial charge in [0, 0.05) is 21.5 Å². The largest absolute Gasteiger partial charge is 1.00 e. The minimum Gasteiger partial charge on any atom is -0.656 e. The number of oxime groups is 1. The second kappa shape index (κ2) is 22.7. The molecule has 0 heterocycles. The van der Waals surface area contributed by atoms with Gasteiger partial charge in [0.05, 0.1) is 12.3 Å². The molecule has 42 heavy (non-hydrogen) atoms. The third-order valence-electron chi connectivity index (χ3n) is 6.81. The van der Waals surface area contributed by atoms with Crippen LogP contribution in [0.2, 0.25) is 10.0 Å². The number of carbonyl (C=O) groups excluding carboxylic acids is 2. The average Bonchev–Trinajstić information content (AvgIpc) is 2.92. The number of hydrogen-bond donors (Lipinski definition) is 3. The van der Waals surface area contributed by atoms with Crippen molar-refractivity contribution in [3.63, 3.8) is 0 Å². The summed E-state index contributed by atoms with van der Waals surface area (Å²) in [6, 6.07) is 11.5. The van der Waals surface area contributed by atoms with Gasteiger partial charge in [0.25, 0.3) is 5.91 Å². The molecule has 0 aliphatic rings. The van der Waals surface area contributed by atoms with Gasteiger partial charge in [-0.15, -0.1) is 12.1 Å². The number of aryl methyl sites for hydroxylation is 2. The zero-order valence-corrected chi connectivity index (χ0v) is 31.0. The molecule has 1 amide bonds. The molecule has 0 saturated heterocycles. The third-order valence-corrected chi connectivity index (χ3v) is 7.46. The Bertz CT molecular complexity index is 1120. The standard InChI is InChI=1S/C20H23Cl2N3O2.C12H24NO.K/c1-12-7-15(10-16(21)8-12)20(26)24-11-19(25-27)17(5-6-23)14-3-4-18(22)13(2)9-14;1-5-8-12(9-10(4)14)13-11(6-2)7-3;/h3-4,7-10,17,27H,5-6,11,23H2,1-2H3,(H,24,26);11-12H,5-9H2,1-4H3;/q;-1;+1/b25-19+;;. The first-order valence-electron chi connectivity index (χ1n) is 14.4. The maximum absolute atomic E-state index is 12.4. The minimum absolute atomic E-state index is 0. The van der Waals surface area contributed by atoms with E-state index in [2.05, 4.69) is 31.2 Å². The van der Waals surface area contributed by atoms with Crippen molar-refractivity contribution in [1.82, 2.24) is 5.32 Å². The van der Waals surface area contributed by atoms with E-state index in [0.717, 1.165) is 42.4 Å². The first-order valence-corrected chi connectivity index (χ1v) is 15.2. The molecule has 0 aliphatic heterocycles. The van der Waals surface area contributed by atoms with Crippen molar-refractivity contribution >= 4 is 40.6 Å². The molecule has 0 aliphatic carbocycles. The number of Topliss-reactive ketones (excluding diaryl/α,β-unsaturated/α-hetero) is 1. The van der Waals surface area contributed by atoms with E-state index in [1.54, 1.807) is 31.2 Å². The number of nitrogens with zero attached hydrogens (tertiary/aromatic N) is 2. The van der Waals surface area contributed by atoms with Crippen LogP contribution in [-0.2, 0) is 4.79 Å². The molecular formula is C32H47Cl2KN4O3. The normalized spacial score (nSPS) is 12.6. The van der Waals surface area contributed by atoms with Gasteiger partial charge in [0.1, 0.15) is 5.78 Å². The molecular weight excluding hydrogens is 598 g/mol. The van der Waals surface area contributed by atoms with Gasteiger partial charge in [-0.25, -0.2) is 0 Å². The number of benzene rings is 2. The summed E-state index contributed by atoms with van der Waals surface area (Å²) in [5.41, 5.74) is 9.37. The monoisotopic (exact) mass is 644 g/mol.